The highest BCUT2D eigenvalue weighted by Gasteiger charge is 2.68. The number of fused-ring (bicyclic) bond motifs is 1. The van der Waals surface area contributed by atoms with E-state index in [-0.39, 0.29) is 17.6 Å². The number of esters is 2. The van der Waals surface area contributed by atoms with E-state index in [9.17, 15) is 9.59 Å². The lowest BCUT2D eigenvalue weighted by molar-refractivity contribution is -0.214. The van der Waals surface area contributed by atoms with Gasteiger partial charge >= 0.3 is 11.9 Å². The van der Waals surface area contributed by atoms with E-state index >= 15 is 0 Å². The van der Waals surface area contributed by atoms with Crippen LogP contribution in [-0.2, 0) is 25.6 Å². The highest BCUT2D eigenvalue weighted by Crippen LogP contribution is 2.60. The molecule has 0 atom stereocenters. The summed E-state index contributed by atoms with van der Waals surface area (Å²) in [6, 6.07) is 14.7. The molecule has 4 rings (SSSR count). The first-order chi connectivity index (χ1) is 14.7. The molecule has 6 nitrogen and oxygen atoms in total. The van der Waals surface area contributed by atoms with Gasteiger partial charge in [-0.3, -0.25) is 15.0 Å². The highest BCUT2D eigenvalue weighted by molar-refractivity contribution is 6.01. The number of rotatable bonds is 7. The van der Waals surface area contributed by atoms with Crippen LogP contribution in [0, 0.1) is 10.8 Å². The van der Waals surface area contributed by atoms with Crippen molar-refractivity contribution in [2.24, 2.45) is 10.8 Å². The summed E-state index contributed by atoms with van der Waals surface area (Å²) < 4.78 is 10.9. The van der Waals surface area contributed by atoms with Gasteiger partial charge in [0, 0.05) is 25.0 Å². The van der Waals surface area contributed by atoms with Crippen molar-refractivity contribution in [3.05, 3.63) is 48.0 Å². The third-order valence-electron chi connectivity index (χ3n) is 6.25. The topological polar surface area (TPSA) is 67.9 Å². The number of nitrogens with zero attached hydrogens (tertiary/aromatic N) is 1. The lowest BCUT2D eigenvalue weighted by Gasteiger charge is -2.61. The summed E-state index contributed by atoms with van der Waals surface area (Å²) in [5, 5.41) is 4.66. The van der Waals surface area contributed by atoms with Gasteiger partial charge in [-0.05, 0) is 56.9 Å². The molecule has 1 spiro atoms. The number of benzene rings is 2. The molecule has 1 saturated carbocycles. The van der Waals surface area contributed by atoms with Gasteiger partial charge < -0.3 is 9.47 Å². The van der Waals surface area contributed by atoms with Gasteiger partial charge in [-0.15, -0.1) is 0 Å². The SMILES string of the molecule is CC(C)OC(=O)C1(C(=O)OC(C)C)CC2(CN(NCc3cccc4ccccc34)C2)C1. The summed E-state index contributed by atoms with van der Waals surface area (Å²) in [5.41, 5.74) is 3.57. The fourth-order valence-corrected chi connectivity index (χ4v) is 5.00. The molecule has 6 heteroatoms. The van der Waals surface area contributed by atoms with Crippen molar-refractivity contribution in [3.8, 4) is 0 Å². The minimum Gasteiger partial charge on any atom is -0.462 e. The average Bonchev–Trinajstić information content (AvgIpc) is 2.64. The molecule has 0 aromatic heterocycles. The molecule has 166 valence electrons. The molecular weight excluding hydrogens is 392 g/mol. The van der Waals surface area contributed by atoms with Crippen LogP contribution in [0.5, 0.6) is 0 Å². The van der Waals surface area contributed by atoms with Crippen LogP contribution in [0.3, 0.4) is 0 Å². The Labute approximate surface area is 183 Å². The molecule has 1 aliphatic carbocycles. The van der Waals surface area contributed by atoms with E-state index in [4.69, 9.17) is 9.47 Å². The third-order valence-corrected chi connectivity index (χ3v) is 6.25. The lowest BCUT2D eigenvalue weighted by Crippen LogP contribution is -2.71. The van der Waals surface area contributed by atoms with Gasteiger partial charge in [0.25, 0.3) is 0 Å². The van der Waals surface area contributed by atoms with Gasteiger partial charge in [0.2, 0.25) is 0 Å². The van der Waals surface area contributed by atoms with Gasteiger partial charge in [0.15, 0.2) is 5.41 Å². The zero-order valence-electron chi connectivity index (χ0n) is 18.8. The maximum Gasteiger partial charge on any atom is 0.323 e. The largest absolute Gasteiger partial charge is 0.462 e. The molecule has 0 bridgehead atoms. The van der Waals surface area contributed by atoms with Crippen molar-refractivity contribution in [3.63, 3.8) is 0 Å². The molecule has 1 saturated heterocycles. The zero-order chi connectivity index (χ0) is 22.2. The van der Waals surface area contributed by atoms with Crippen LogP contribution < -0.4 is 5.43 Å². The van der Waals surface area contributed by atoms with Gasteiger partial charge in [0.1, 0.15) is 0 Å². The van der Waals surface area contributed by atoms with Crippen LogP contribution in [-0.4, -0.2) is 42.2 Å². The van der Waals surface area contributed by atoms with E-state index in [0.717, 1.165) is 19.6 Å². The van der Waals surface area contributed by atoms with Crippen molar-refractivity contribution >= 4 is 22.7 Å². The monoisotopic (exact) mass is 424 g/mol. The second-order valence-electron chi connectivity index (χ2n) is 9.67. The number of carbonyl (C=O) groups is 2. The minimum absolute atomic E-state index is 0.0300. The summed E-state index contributed by atoms with van der Waals surface area (Å²) >= 11 is 0. The first-order valence-electron chi connectivity index (χ1n) is 11.1. The van der Waals surface area contributed by atoms with Gasteiger partial charge in [-0.2, -0.15) is 0 Å². The Balaban J connectivity index is 1.36. The van der Waals surface area contributed by atoms with Gasteiger partial charge in [-0.1, -0.05) is 42.5 Å². The Morgan fingerprint density at radius 3 is 2.13 bits per heavy atom. The zero-order valence-corrected chi connectivity index (χ0v) is 18.8. The minimum atomic E-state index is -1.16. The summed E-state index contributed by atoms with van der Waals surface area (Å²) in [6.07, 6.45) is 0.466. The first-order valence-corrected chi connectivity index (χ1v) is 11.1. The Morgan fingerprint density at radius 1 is 0.935 bits per heavy atom. The molecule has 2 aromatic carbocycles. The summed E-state index contributed by atoms with van der Waals surface area (Å²) in [7, 11) is 0. The normalized spacial score (nSPS) is 19.3. The quantitative estimate of drug-likeness (QED) is 0.538. The molecule has 0 unspecified atom stereocenters. The molecule has 0 amide bonds. The number of carbonyl (C=O) groups excluding carboxylic acids is 2. The Hall–Kier alpha value is -2.44. The van der Waals surface area contributed by atoms with E-state index in [1.54, 1.807) is 27.7 Å². The molecule has 1 heterocycles. The molecule has 1 aliphatic heterocycles. The summed E-state index contributed by atoms with van der Waals surface area (Å²) in [5.74, 6) is -0.887. The smallest absolute Gasteiger partial charge is 0.323 e. The average molecular weight is 425 g/mol. The van der Waals surface area contributed by atoms with Crippen LogP contribution >= 0.6 is 0 Å². The van der Waals surface area contributed by atoms with E-state index in [2.05, 4.69) is 52.9 Å². The van der Waals surface area contributed by atoms with Crippen LogP contribution in [0.25, 0.3) is 10.8 Å². The number of hydrogen-bond acceptors (Lipinski definition) is 6. The number of nitrogens with one attached hydrogen (secondary N) is 1. The molecule has 2 fully saturated rings. The van der Waals surface area contributed by atoms with Crippen molar-refractivity contribution in [1.82, 2.24) is 10.4 Å². The highest BCUT2D eigenvalue weighted by atomic mass is 16.6. The fourth-order valence-electron chi connectivity index (χ4n) is 5.00. The van der Waals surface area contributed by atoms with Gasteiger partial charge in [-0.25, -0.2) is 5.01 Å². The molecule has 2 aromatic rings. The second kappa shape index (κ2) is 8.24. The Kier molecular flexibility index (Phi) is 5.79. The van der Waals surface area contributed by atoms with Crippen LogP contribution in [0.2, 0.25) is 0 Å². The van der Waals surface area contributed by atoms with Crippen molar-refractivity contribution < 1.29 is 19.1 Å². The molecule has 31 heavy (non-hydrogen) atoms. The van der Waals surface area contributed by atoms with Crippen LogP contribution in [0.15, 0.2) is 42.5 Å². The first kappa shape index (κ1) is 21.8. The Bertz CT molecular complexity index is 941. The van der Waals surface area contributed by atoms with Crippen LogP contribution in [0.1, 0.15) is 46.1 Å². The number of hydrazine groups is 1. The summed E-state index contributed by atoms with van der Waals surface area (Å²) in [6.45, 7) is 9.57. The molecular formula is C25H32N2O4. The summed E-state index contributed by atoms with van der Waals surface area (Å²) in [4.78, 5) is 25.5. The molecule has 2 aliphatic rings. The predicted octanol–water partition coefficient (Wildman–Crippen LogP) is 3.83. The second-order valence-corrected chi connectivity index (χ2v) is 9.67. The van der Waals surface area contributed by atoms with Crippen molar-refractivity contribution in [2.75, 3.05) is 13.1 Å². The van der Waals surface area contributed by atoms with E-state index in [0.29, 0.717) is 12.8 Å². The van der Waals surface area contributed by atoms with Crippen molar-refractivity contribution in [2.45, 2.75) is 59.3 Å². The van der Waals surface area contributed by atoms with Crippen molar-refractivity contribution in [1.29, 1.82) is 0 Å². The van der Waals surface area contributed by atoms with Gasteiger partial charge in [0.05, 0.1) is 12.2 Å². The maximum atomic E-state index is 12.8. The number of ether oxygens (including phenoxy) is 2. The van der Waals surface area contributed by atoms with E-state index < -0.39 is 17.4 Å². The number of hydrogen-bond donors (Lipinski definition) is 1. The third kappa shape index (κ3) is 4.19. The maximum absolute atomic E-state index is 12.8. The fraction of sp³-hybridized carbons (Fsp3) is 0.520. The standard InChI is InChI=1S/C25H32N2O4/c1-17(2)30-22(28)25(23(29)31-18(3)4)13-24(14-25)15-27(16-24)26-12-20-10-7-9-19-8-5-6-11-21(19)20/h5-11,17-18,26H,12-16H2,1-4H3. The molecule has 1 N–H and O–H groups in total. The molecule has 0 radical (unpaired) electrons. The predicted molar refractivity (Wildman–Crippen MR) is 119 cm³/mol. The van der Waals surface area contributed by atoms with E-state index in [1.807, 2.05) is 0 Å². The van der Waals surface area contributed by atoms with E-state index in [1.165, 1.54) is 16.3 Å². The lowest BCUT2D eigenvalue weighted by atomic mass is 9.49. The van der Waals surface area contributed by atoms with Crippen LogP contribution in [0.4, 0.5) is 0 Å². The Morgan fingerprint density at radius 2 is 1.52 bits per heavy atom.